The second-order valence-corrected chi connectivity index (χ2v) is 5.27. The molecule has 0 aromatic carbocycles. The van der Waals surface area contributed by atoms with Gasteiger partial charge in [-0.25, -0.2) is 0 Å². The summed E-state index contributed by atoms with van der Waals surface area (Å²) in [5.41, 5.74) is 0. The zero-order valence-corrected chi connectivity index (χ0v) is 8.96. The molecule has 0 rings (SSSR count). The van der Waals surface area contributed by atoms with Crippen LogP contribution in [0.2, 0.25) is 0 Å². The molecule has 0 amide bonds. The van der Waals surface area contributed by atoms with Crippen molar-refractivity contribution in [1.29, 1.82) is 0 Å². The third kappa shape index (κ3) is 3.40. The highest BCUT2D eigenvalue weighted by Gasteiger charge is 2.36. The minimum absolute atomic E-state index is 0.0611. The standard InChI is InChI=1S/C7H12O3S2/c1-4-10-6(8)12(5(2)3)7(9)11/h5H,4H2,1-3H3. The molecule has 0 aromatic heterocycles. The normalized spacial score (nSPS) is 12.7. The van der Waals surface area contributed by atoms with E-state index in [0.29, 0.717) is 0 Å². The Morgan fingerprint density at radius 2 is 2.00 bits per heavy atom. The summed E-state index contributed by atoms with van der Waals surface area (Å²) in [4.78, 5) is 22.0. The molecule has 5 heteroatoms. The predicted molar refractivity (Wildman–Crippen MR) is 52.3 cm³/mol. The largest absolute Gasteiger partial charge is 0.682 e. The van der Waals surface area contributed by atoms with Crippen LogP contribution < -0.4 is 0 Å². The first kappa shape index (κ1) is 11.7. The van der Waals surface area contributed by atoms with E-state index in [1.54, 1.807) is 20.8 Å². The molecule has 0 N–H and O–H groups in total. The van der Waals surface area contributed by atoms with Crippen LogP contribution >= 0.6 is 0 Å². The SMILES string of the molecule is CCOC(=O)[S+](C(=O)[S-])C(C)C. The van der Waals surface area contributed by atoms with Gasteiger partial charge in [0.15, 0.2) is 10.9 Å². The minimum Gasteiger partial charge on any atom is -0.682 e. The van der Waals surface area contributed by atoms with E-state index in [1.807, 2.05) is 0 Å². The molecule has 0 fully saturated rings. The molecule has 12 heavy (non-hydrogen) atoms. The fraction of sp³-hybridized carbons (Fsp3) is 0.714. The van der Waals surface area contributed by atoms with Crippen LogP contribution in [0.1, 0.15) is 20.8 Å². The van der Waals surface area contributed by atoms with Gasteiger partial charge in [-0.3, -0.25) is 4.79 Å². The smallest absolute Gasteiger partial charge is 0.532 e. The van der Waals surface area contributed by atoms with Gasteiger partial charge < -0.3 is 17.4 Å². The molecule has 0 heterocycles. The highest BCUT2D eigenvalue weighted by Crippen LogP contribution is 2.10. The first-order chi connectivity index (χ1) is 5.50. The molecule has 0 spiro atoms. The van der Waals surface area contributed by atoms with Crippen LogP contribution in [0.3, 0.4) is 0 Å². The van der Waals surface area contributed by atoms with Crippen LogP contribution in [0.4, 0.5) is 9.59 Å². The quantitative estimate of drug-likeness (QED) is 0.394. The van der Waals surface area contributed by atoms with Gasteiger partial charge in [-0.05, 0) is 20.8 Å². The van der Waals surface area contributed by atoms with Gasteiger partial charge in [-0.2, -0.15) is 4.79 Å². The maximum Gasteiger partial charge on any atom is 0.532 e. The van der Waals surface area contributed by atoms with Crippen molar-refractivity contribution in [3.8, 4) is 0 Å². The average molecular weight is 208 g/mol. The molecule has 0 saturated heterocycles. The van der Waals surface area contributed by atoms with E-state index in [2.05, 4.69) is 12.6 Å². The van der Waals surface area contributed by atoms with Crippen molar-refractivity contribution in [1.82, 2.24) is 0 Å². The van der Waals surface area contributed by atoms with E-state index < -0.39 is 20.6 Å². The summed E-state index contributed by atoms with van der Waals surface area (Å²) < 4.78 is 4.20. The first-order valence-corrected chi connectivity index (χ1v) is 5.31. The van der Waals surface area contributed by atoms with Crippen molar-refractivity contribution < 1.29 is 14.3 Å². The average Bonchev–Trinajstić information content (AvgIpc) is 1.85. The number of rotatable bonds is 2. The van der Waals surface area contributed by atoms with Gasteiger partial charge >= 0.3 is 5.30 Å². The summed E-state index contributed by atoms with van der Waals surface area (Å²) in [6.45, 7) is 5.56. The van der Waals surface area contributed by atoms with Crippen LogP contribution in [0.5, 0.6) is 0 Å². The zero-order valence-electron chi connectivity index (χ0n) is 7.33. The van der Waals surface area contributed by atoms with Crippen LogP contribution in [0, 0.1) is 0 Å². The Bertz CT molecular complexity index is 179. The second kappa shape index (κ2) is 5.37. The van der Waals surface area contributed by atoms with Gasteiger partial charge in [-0.1, -0.05) is 0 Å². The van der Waals surface area contributed by atoms with E-state index >= 15 is 0 Å². The van der Waals surface area contributed by atoms with E-state index in [4.69, 9.17) is 4.74 Å². The molecular weight excluding hydrogens is 196 g/mol. The van der Waals surface area contributed by atoms with Gasteiger partial charge in [0, 0.05) is 0 Å². The van der Waals surface area contributed by atoms with E-state index in [9.17, 15) is 9.59 Å². The summed E-state index contributed by atoms with van der Waals surface area (Å²) in [7, 11) is -1.06. The van der Waals surface area contributed by atoms with E-state index in [-0.39, 0.29) is 11.9 Å². The maximum atomic E-state index is 11.1. The molecule has 1 atom stereocenters. The van der Waals surface area contributed by atoms with Crippen LogP contribution in [-0.4, -0.2) is 21.6 Å². The van der Waals surface area contributed by atoms with Crippen molar-refractivity contribution in [2.45, 2.75) is 26.0 Å². The molecule has 0 radical (unpaired) electrons. The molecule has 1 unspecified atom stereocenters. The molecule has 0 saturated carbocycles. The molecular formula is C7H12O3S2. The lowest BCUT2D eigenvalue weighted by Gasteiger charge is -2.09. The second-order valence-electron chi connectivity index (χ2n) is 2.32. The Labute approximate surface area is 80.6 Å². The highest BCUT2D eigenvalue weighted by atomic mass is 32.2. The summed E-state index contributed by atoms with van der Waals surface area (Å²) in [6, 6.07) is 0. The van der Waals surface area contributed by atoms with Crippen molar-refractivity contribution in [2.75, 3.05) is 6.61 Å². The minimum atomic E-state index is -1.06. The highest BCUT2D eigenvalue weighted by molar-refractivity contribution is 8.33. The maximum absolute atomic E-state index is 11.1. The van der Waals surface area contributed by atoms with E-state index in [0.717, 1.165) is 0 Å². The Balaban J connectivity index is 4.30. The lowest BCUT2D eigenvalue weighted by atomic mass is 10.6. The third-order valence-electron chi connectivity index (χ3n) is 1.09. The number of hydrogen-bond donors (Lipinski definition) is 0. The van der Waals surface area contributed by atoms with Crippen molar-refractivity contribution in [3.63, 3.8) is 0 Å². The Kier molecular flexibility index (Phi) is 5.24. The number of carbonyl (C=O) groups is 2. The molecule has 0 aliphatic rings. The number of hydrogen-bond acceptors (Lipinski definition) is 4. The summed E-state index contributed by atoms with van der Waals surface area (Å²) in [6.07, 6.45) is 0. The van der Waals surface area contributed by atoms with Crippen LogP contribution in [0.25, 0.3) is 0 Å². The molecule has 0 aliphatic carbocycles. The van der Waals surface area contributed by atoms with Gasteiger partial charge in [0.1, 0.15) is 5.25 Å². The molecule has 0 aromatic rings. The number of carbonyl (C=O) groups excluding carboxylic acids is 2. The zero-order chi connectivity index (χ0) is 9.72. The first-order valence-electron chi connectivity index (χ1n) is 3.61. The van der Waals surface area contributed by atoms with Gasteiger partial charge in [-0.15, -0.1) is 0 Å². The molecule has 70 valence electrons. The van der Waals surface area contributed by atoms with Crippen molar-refractivity contribution >= 4 is 33.3 Å². The van der Waals surface area contributed by atoms with Crippen molar-refractivity contribution in [3.05, 3.63) is 0 Å². The monoisotopic (exact) mass is 208 g/mol. The Hall–Kier alpha value is -0.290. The van der Waals surface area contributed by atoms with Crippen molar-refractivity contribution in [2.24, 2.45) is 0 Å². The molecule has 0 bridgehead atoms. The van der Waals surface area contributed by atoms with Gasteiger partial charge in [0.05, 0.1) is 6.61 Å². The fourth-order valence-corrected chi connectivity index (χ4v) is 2.57. The topological polar surface area (TPSA) is 43.4 Å². The lowest BCUT2D eigenvalue weighted by molar-refractivity contribution is 0.180. The summed E-state index contributed by atoms with van der Waals surface area (Å²) in [5, 5.41) is -0.540. The van der Waals surface area contributed by atoms with Crippen LogP contribution in [0.15, 0.2) is 0 Å². The van der Waals surface area contributed by atoms with E-state index in [1.165, 1.54) is 0 Å². The Morgan fingerprint density at radius 1 is 1.50 bits per heavy atom. The van der Waals surface area contributed by atoms with Crippen LogP contribution in [-0.2, 0) is 28.3 Å². The third-order valence-corrected chi connectivity index (χ3v) is 3.41. The predicted octanol–water partition coefficient (Wildman–Crippen LogP) is 1.84. The lowest BCUT2D eigenvalue weighted by Crippen LogP contribution is -2.30. The molecule has 0 aliphatic heterocycles. The fourth-order valence-electron chi connectivity index (χ4n) is 0.634. The van der Waals surface area contributed by atoms with Gasteiger partial charge in [0.2, 0.25) is 4.45 Å². The Morgan fingerprint density at radius 3 is 2.25 bits per heavy atom. The summed E-state index contributed by atoms with van der Waals surface area (Å²) >= 11 is 4.44. The number of ether oxygens (including phenoxy) is 1. The van der Waals surface area contributed by atoms with Gasteiger partial charge in [0.25, 0.3) is 0 Å². The summed E-state index contributed by atoms with van der Waals surface area (Å²) in [5.74, 6) is 0. The molecule has 3 nitrogen and oxygen atoms in total.